The van der Waals surface area contributed by atoms with Gasteiger partial charge in [0.1, 0.15) is 5.75 Å². The lowest BCUT2D eigenvalue weighted by molar-refractivity contribution is 0.160. The molecule has 1 aromatic rings. The van der Waals surface area contributed by atoms with Crippen LogP contribution in [-0.2, 0) is 0 Å². The Balaban J connectivity index is 2.14. The molecule has 2 rings (SSSR count). The largest absolute Gasteiger partial charge is 0.493 e. The van der Waals surface area contributed by atoms with E-state index < -0.39 is 0 Å². The Labute approximate surface area is 129 Å². The molecule has 21 heavy (non-hydrogen) atoms. The summed E-state index contributed by atoms with van der Waals surface area (Å²) in [4.78, 5) is 0. The minimum absolute atomic E-state index is 0.189. The highest BCUT2D eigenvalue weighted by Crippen LogP contribution is 2.43. The molecule has 3 nitrogen and oxygen atoms in total. The first kappa shape index (κ1) is 16.3. The SMILES string of the molecule is CCCOc1ccccc1C(NN)C1CCC(C)(C)CC1. The van der Waals surface area contributed by atoms with Crippen LogP contribution in [-0.4, -0.2) is 6.61 Å². The van der Waals surface area contributed by atoms with Gasteiger partial charge in [0.15, 0.2) is 0 Å². The summed E-state index contributed by atoms with van der Waals surface area (Å²) in [6.07, 6.45) is 6.02. The van der Waals surface area contributed by atoms with Gasteiger partial charge in [0.05, 0.1) is 12.6 Å². The molecular formula is C18H30N2O. The van der Waals surface area contributed by atoms with Gasteiger partial charge >= 0.3 is 0 Å². The van der Waals surface area contributed by atoms with Crippen LogP contribution < -0.4 is 16.0 Å². The van der Waals surface area contributed by atoms with Crippen LogP contribution in [0.2, 0.25) is 0 Å². The molecular weight excluding hydrogens is 260 g/mol. The first-order valence-corrected chi connectivity index (χ1v) is 8.25. The molecule has 0 aliphatic heterocycles. The van der Waals surface area contributed by atoms with Gasteiger partial charge in [-0.3, -0.25) is 11.3 Å². The fourth-order valence-corrected chi connectivity index (χ4v) is 3.32. The molecule has 1 aromatic carbocycles. The highest BCUT2D eigenvalue weighted by molar-refractivity contribution is 5.36. The van der Waals surface area contributed by atoms with Crippen molar-refractivity contribution in [1.82, 2.24) is 5.43 Å². The normalized spacial score (nSPS) is 20.2. The van der Waals surface area contributed by atoms with Crippen molar-refractivity contribution in [2.75, 3.05) is 6.61 Å². The van der Waals surface area contributed by atoms with Gasteiger partial charge in [-0.1, -0.05) is 39.0 Å². The maximum Gasteiger partial charge on any atom is 0.124 e. The number of nitrogens with one attached hydrogen (secondary N) is 1. The van der Waals surface area contributed by atoms with Gasteiger partial charge in [0, 0.05) is 5.56 Å². The molecule has 0 bridgehead atoms. The Morgan fingerprint density at radius 2 is 1.95 bits per heavy atom. The Morgan fingerprint density at radius 1 is 1.29 bits per heavy atom. The maximum atomic E-state index is 5.91. The molecule has 0 amide bonds. The zero-order chi connectivity index (χ0) is 15.3. The highest BCUT2D eigenvalue weighted by Gasteiger charge is 2.32. The lowest BCUT2D eigenvalue weighted by atomic mass is 9.70. The quantitative estimate of drug-likeness (QED) is 0.610. The van der Waals surface area contributed by atoms with Crippen LogP contribution in [0.15, 0.2) is 24.3 Å². The van der Waals surface area contributed by atoms with Crippen molar-refractivity contribution in [2.45, 2.75) is 58.9 Å². The molecule has 1 atom stereocenters. The van der Waals surface area contributed by atoms with E-state index in [-0.39, 0.29) is 6.04 Å². The van der Waals surface area contributed by atoms with Gasteiger partial charge in [-0.25, -0.2) is 0 Å². The zero-order valence-electron chi connectivity index (χ0n) is 13.7. The van der Waals surface area contributed by atoms with Crippen LogP contribution in [0.25, 0.3) is 0 Å². The first-order chi connectivity index (χ1) is 10.1. The molecule has 3 N–H and O–H groups in total. The third-order valence-corrected chi connectivity index (χ3v) is 4.75. The molecule has 1 fully saturated rings. The Morgan fingerprint density at radius 3 is 2.57 bits per heavy atom. The van der Waals surface area contributed by atoms with Crippen LogP contribution in [0.3, 0.4) is 0 Å². The van der Waals surface area contributed by atoms with E-state index in [1.165, 1.54) is 31.2 Å². The topological polar surface area (TPSA) is 47.3 Å². The number of hydrazine groups is 1. The van der Waals surface area contributed by atoms with Gasteiger partial charge in [0.25, 0.3) is 0 Å². The molecule has 1 aliphatic rings. The Kier molecular flexibility index (Phi) is 5.65. The van der Waals surface area contributed by atoms with Crippen molar-refractivity contribution in [3.05, 3.63) is 29.8 Å². The monoisotopic (exact) mass is 290 g/mol. The highest BCUT2D eigenvalue weighted by atomic mass is 16.5. The number of nitrogens with two attached hydrogens (primary N) is 1. The van der Waals surface area contributed by atoms with E-state index in [0.717, 1.165) is 18.8 Å². The second-order valence-electron chi connectivity index (χ2n) is 7.03. The molecule has 0 saturated heterocycles. The average Bonchev–Trinajstić information content (AvgIpc) is 2.48. The van der Waals surface area contributed by atoms with E-state index in [4.69, 9.17) is 10.6 Å². The lowest BCUT2D eigenvalue weighted by Crippen LogP contribution is -2.36. The molecule has 1 aliphatic carbocycles. The predicted molar refractivity (Wildman–Crippen MR) is 88.0 cm³/mol. The van der Waals surface area contributed by atoms with Crippen LogP contribution in [0.4, 0.5) is 0 Å². The van der Waals surface area contributed by atoms with E-state index in [2.05, 4.69) is 44.4 Å². The number of hydrogen-bond acceptors (Lipinski definition) is 3. The average molecular weight is 290 g/mol. The van der Waals surface area contributed by atoms with Crippen molar-refractivity contribution in [3.63, 3.8) is 0 Å². The molecule has 0 heterocycles. The Hall–Kier alpha value is -1.06. The smallest absolute Gasteiger partial charge is 0.124 e. The summed E-state index contributed by atoms with van der Waals surface area (Å²) in [6.45, 7) is 7.62. The number of para-hydroxylation sites is 1. The minimum Gasteiger partial charge on any atom is -0.493 e. The van der Waals surface area contributed by atoms with Gasteiger partial charge in [0.2, 0.25) is 0 Å². The third kappa shape index (κ3) is 4.21. The van der Waals surface area contributed by atoms with E-state index >= 15 is 0 Å². The minimum atomic E-state index is 0.189. The molecule has 1 unspecified atom stereocenters. The van der Waals surface area contributed by atoms with Gasteiger partial charge in [-0.15, -0.1) is 0 Å². The maximum absolute atomic E-state index is 5.91. The number of ether oxygens (including phenoxy) is 1. The van der Waals surface area contributed by atoms with Crippen LogP contribution in [0.5, 0.6) is 5.75 Å². The van der Waals surface area contributed by atoms with E-state index in [9.17, 15) is 0 Å². The summed E-state index contributed by atoms with van der Waals surface area (Å²) < 4.78 is 5.91. The van der Waals surface area contributed by atoms with Crippen molar-refractivity contribution in [2.24, 2.45) is 17.2 Å². The van der Waals surface area contributed by atoms with Crippen LogP contribution >= 0.6 is 0 Å². The molecule has 0 radical (unpaired) electrons. The van der Waals surface area contributed by atoms with Crippen LogP contribution in [0, 0.1) is 11.3 Å². The van der Waals surface area contributed by atoms with E-state index in [1.54, 1.807) is 0 Å². The number of rotatable bonds is 6. The molecule has 118 valence electrons. The van der Waals surface area contributed by atoms with Gasteiger partial charge in [-0.2, -0.15) is 0 Å². The molecule has 1 saturated carbocycles. The molecule has 0 spiro atoms. The Bertz CT molecular complexity index is 435. The van der Waals surface area contributed by atoms with E-state index in [0.29, 0.717) is 11.3 Å². The summed E-state index contributed by atoms with van der Waals surface area (Å²) >= 11 is 0. The van der Waals surface area contributed by atoms with Gasteiger partial charge < -0.3 is 4.74 Å². The number of hydrogen-bond donors (Lipinski definition) is 2. The molecule has 3 heteroatoms. The second kappa shape index (κ2) is 7.28. The number of benzene rings is 1. The van der Waals surface area contributed by atoms with Crippen molar-refractivity contribution < 1.29 is 4.74 Å². The summed E-state index contributed by atoms with van der Waals surface area (Å²) in [5, 5.41) is 0. The fraction of sp³-hybridized carbons (Fsp3) is 0.667. The summed E-state index contributed by atoms with van der Waals surface area (Å²) in [6, 6.07) is 8.50. The summed E-state index contributed by atoms with van der Waals surface area (Å²) in [5.41, 5.74) is 4.74. The second-order valence-corrected chi connectivity index (χ2v) is 7.03. The third-order valence-electron chi connectivity index (χ3n) is 4.75. The van der Waals surface area contributed by atoms with Gasteiger partial charge in [-0.05, 0) is 49.5 Å². The summed E-state index contributed by atoms with van der Waals surface area (Å²) in [7, 11) is 0. The van der Waals surface area contributed by atoms with Crippen LogP contribution in [0.1, 0.15) is 64.5 Å². The van der Waals surface area contributed by atoms with Crippen molar-refractivity contribution in [3.8, 4) is 5.75 Å². The summed E-state index contributed by atoms with van der Waals surface area (Å²) in [5.74, 6) is 7.47. The van der Waals surface area contributed by atoms with Crippen molar-refractivity contribution in [1.29, 1.82) is 0 Å². The first-order valence-electron chi connectivity index (χ1n) is 8.25. The predicted octanol–water partition coefficient (Wildman–Crippen LogP) is 4.20. The zero-order valence-corrected chi connectivity index (χ0v) is 13.7. The standard InChI is InChI=1S/C18H30N2O/c1-4-13-21-16-8-6-5-7-15(16)17(20-19)14-9-11-18(2,3)12-10-14/h5-8,14,17,20H,4,9-13,19H2,1-3H3. The molecule has 0 aromatic heterocycles. The van der Waals surface area contributed by atoms with Crippen molar-refractivity contribution >= 4 is 0 Å². The lowest BCUT2D eigenvalue weighted by Gasteiger charge is -2.38. The van der Waals surface area contributed by atoms with E-state index in [1.807, 2.05) is 6.07 Å². The fourth-order valence-electron chi connectivity index (χ4n) is 3.32.